The second kappa shape index (κ2) is 5.01. The van der Waals surface area contributed by atoms with E-state index in [0.29, 0.717) is 6.61 Å². The third-order valence-electron chi connectivity index (χ3n) is 2.55. The van der Waals surface area contributed by atoms with Crippen LogP contribution in [-0.4, -0.2) is 6.61 Å². The van der Waals surface area contributed by atoms with Gasteiger partial charge in [-0.05, 0) is 30.9 Å². The highest BCUT2D eigenvalue weighted by Gasteiger charge is 2.05. The molecule has 0 saturated carbocycles. The van der Waals surface area contributed by atoms with Crippen molar-refractivity contribution >= 4 is 0 Å². The van der Waals surface area contributed by atoms with Crippen LogP contribution >= 0.6 is 0 Å². The first-order chi connectivity index (χ1) is 6.97. The van der Waals surface area contributed by atoms with E-state index >= 15 is 0 Å². The van der Waals surface area contributed by atoms with Crippen LogP contribution in [0.5, 0.6) is 5.75 Å². The molecule has 0 saturated heterocycles. The van der Waals surface area contributed by atoms with Crippen molar-refractivity contribution in [1.82, 2.24) is 0 Å². The van der Waals surface area contributed by atoms with E-state index in [4.69, 9.17) is 9.78 Å². The minimum Gasteiger partial charge on any atom is -0.337 e. The molecule has 0 fully saturated rings. The van der Waals surface area contributed by atoms with E-state index in [-0.39, 0.29) is 0 Å². The average molecular weight is 192 g/mol. The Kier molecular flexibility index (Phi) is 3.41. The molecule has 76 valence electrons. The third kappa shape index (κ3) is 2.48. The maximum atomic E-state index is 5.26. The Morgan fingerprint density at radius 1 is 0.929 bits per heavy atom. The molecule has 1 heterocycles. The first-order valence-electron chi connectivity index (χ1n) is 5.34. The average Bonchev–Trinajstić information content (AvgIpc) is 2.25. The molecule has 0 atom stereocenters. The number of fused-ring (bicyclic) bond motifs is 1. The summed E-state index contributed by atoms with van der Waals surface area (Å²) in [6, 6.07) is 8.11. The van der Waals surface area contributed by atoms with Crippen molar-refractivity contribution in [2.75, 3.05) is 6.61 Å². The van der Waals surface area contributed by atoms with Gasteiger partial charge in [0.05, 0.1) is 6.61 Å². The van der Waals surface area contributed by atoms with E-state index < -0.39 is 0 Å². The fourth-order valence-corrected chi connectivity index (χ4v) is 1.73. The van der Waals surface area contributed by atoms with Crippen LogP contribution in [-0.2, 0) is 11.3 Å². The molecule has 2 heteroatoms. The van der Waals surface area contributed by atoms with Crippen molar-refractivity contribution in [2.24, 2.45) is 0 Å². The molecular weight excluding hydrogens is 176 g/mol. The Balaban J connectivity index is 2.10. The minimum atomic E-state index is 0.703. The molecule has 14 heavy (non-hydrogen) atoms. The van der Waals surface area contributed by atoms with Crippen molar-refractivity contribution < 1.29 is 9.78 Å². The number of hydrogen-bond acceptors (Lipinski definition) is 2. The van der Waals surface area contributed by atoms with E-state index in [0.717, 1.165) is 18.6 Å². The molecule has 1 aliphatic heterocycles. The fraction of sp³-hybridized carbons (Fsp3) is 0.500. The number of aryl methyl sites for hydroxylation is 1. The smallest absolute Gasteiger partial charge is 0.168 e. The normalized spacial score (nSPS) is 18.0. The van der Waals surface area contributed by atoms with E-state index in [2.05, 4.69) is 6.07 Å². The highest BCUT2D eigenvalue weighted by Crippen LogP contribution is 2.21. The zero-order valence-electron chi connectivity index (χ0n) is 8.37. The summed E-state index contributed by atoms with van der Waals surface area (Å²) in [5.74, 6) is 0.884. The van der Waals surface area contributed by atoms with Gasteiger partial charge in [0.2, 0.25) is 0 Å². The van der Waals surface area contributed by atoms with Gasteiger partial charge in [0.1, 0.15) is 0 Å². The Morgan fingerprint density at radius 2 is 1.79 bits per heavy atom. The largest absolute Gasteiger partial charge is 0.337 e. The Labute approximate surface area is 84.8 Å². The topological polar surface area (TPSA) is 18.5 Å². The molecule has 0 aliphatic carbocycles. The summed E-state index contributed by atoms with van der Waals surface area (Å²) in [5.41, 5.74) is 1.26. The fourth-order valence-electron chi connectivity index (χ4n) is 1.73. The SMILES string of the molecule is c1ccc2c(c1)CCCCCCOO2. The molecule has 1 aromatic rings. The van der Waals surface area contributed by atoms with Crippen LogP contribution in [0.25, 0.3) is 0 Å². The lowest BCUT2D eigenvalue weighted by atomic mass is 10.1. The quantitative estimate of drug-likeness (QED) is 0.588. The van der Waals surface area contributed by atoms with Crippen LogP contribution in [0.4, 0.5) is 0 Å². The van der Waals surface area contributed by atoms with E-state index in [9.17, 15) is 0 Å². The first kappa shape index (κ1) is 9.53. The van der Waals surface area contributed by atoms with Crippen molar-refractivity contribution in [1.29, 1.82) is 0 Å². The molecule has 1 aromatic carbocycles. The van der Waals surface area contributed by atoms with Crippen LogP contribution in [0, 0.1) is 0 Å². The molecule has 0 bridgehead atoms. The lowest BCUT2D eigenvalue weighted by Gasteiger charge is -2.11. The summed E-state index contributed by atoms with van der Waals surface area (Å²) in [6.45, 7) is 0.703. The van der Waals surface area contributed by atoms with Gasteiger partial charge in [0, 0.05) is 0 Å². The second-order valence-corrected chi connectivity index (χ2v) is 3.68. The highest BCUT2D eigenvalue weighted by atomic mass is 17.2. The maximum absolute atomic E-state index is 5.26. The number of benzene rings is 1. The molecule has 2 rings (SSSR count). The first-order valence-corrected chi connectivity index (χ1v) is 5.34. The summed E-state index contributed by atoms with van der Waals surface area (Å²) >= 11 is 0. The number of para-hydroxylation sites is 1. The Bertz CT molecular complexity index is 254. The molecular formula is C12H16O2. The van der Waals surface area contributed by atoms with Gasteiger partial charge in [0.15, 0.2) is 5.75 Å². The van der Waals surface area contributed by atoms with E-state index in [1.54, 1.807) is 0 Å². The van der Waals surface area contributed by atoms with Gasteiger partial charge in [-0.25, -0.2) is 0 Å². The highest BCUT2D eigenvalue weighted by molar-refractivity contribution is 5.32. The second-order valence-electron chi connectivity index (χ2n) is 3.68. The van der Waals surface area contributed by atoms with Crippen molar-refractivity contribution in [3.8, 4) is 5.75 Å². The summed E-state index contributed by atoms with van der Waals surface area (Å²) in [6.07, 6.45) is 5.98. The van der Waals surface area contributed by atoms with Gasteiger partial charge in [-0.15, -0.1) is 0 Å². The number of hydrogen-bond donors (Lipinski definition) is 0. The summed E-state index contributed by atoms with van der Waals surface area (Å²) in [5, 5.41) is 0. The molecule has 0 amide bonds. The summed E-state index contributed by atoms with van der Waals surface area (Å²) in [4.78, 5) is 10.4. The molecule has 1 aliphatic rings. The van der Waals surface area contributed by atoms with Crippen LogP contribution in [0.2, 0.25) is 0 Å². The van der Waals surface area contributed by atoms with Gasteiger partial charge in [-0.2, -0.15) is 4.89 Å². The summed E-state index contributed by atoms with van der Waals surface area (Å²) in [7, 11) is 0. The molecule has 2 nitrogen and oxygen atoms in total. The molecule has 0 spiro atoms. The van der Waals surface area contributed by atoms with Gasteiger partial charge in [-0.3, -0.25) is 0 Å². The zero-order valence-corrected chi connectivity index (χ0v) is 8.37. The van der Waals surface area contributed by atoms with Gasteiger partial charge in [-0.1, -0.05) is 31.0 Å². The van der Waals surface area contributed by atoms with Crippen LogP contribution < -0.4 is 4.89 Å². The predicted octanol–water partition coefficient (Wildman–Crippen LogP) is 3.11. The molecule has 0 aromatic heterocycles. The lowest BCUT2D eigenvalue weighted by molar-refractivity contribution is -0.208. The van der Waals surface area contributed by atoms with Gasteiger partial charge >= 0.3 is 0 Å². The van der Waals surface area contributed by atoms with E-state index in [1.165, 1.54) is 24.8 Å². The van der Waals surface area contributed by atoms with Crippen LogP contribution in [0.1, 0.15) is 31.2 Å². The van der Waals surface area contributed by atoms with Gasteiger partial charge in [0.25, 0.3) is 0 Å². The minimum absolute atomic E-state index is 0.703. The zero-order chi connectivity index (χ0) is 9.64. The predicted molar refractivity (Wildman–Crippen MR) is 55.2 cm³/mol. The standard InChI is InChI=1S/C12H16O2/c1-2-6-10-13-14-12-9-5-4-8-11(12)7-3-1/h4-5,8-9H,1-3,6-7,10H2. The van der Waals surface area contributed by atoms with Crippen molar-refractivity contribution in [3.63, 3.8) is 0 Å². The summed E-state index contributed by atoms with van der Waals surface area (Å²) < 4.78 is 0. The molecule has 0 N–H and O–H groups in total. The maximum Gasteiger partial charge on any atom is 0.168 e. The van der Waals surface area contributed by atoms with Crippen molar-refractivity contribution in [2.45, 2.75) is 32.1 Å². The lowest BCUT2D eigenvalue weighted by Crippen LogP contribution is -2.03. The number of rotatable bonds is 0. The monoisotopic (exact) mass is 192 g/mol. The van der Waals surface area contributed by atoms with E-state index in [1.807, 2.05) is 18.2 Å². The van der Waals surface area contributed by atoms with Crippen molar-refractivity contribution in [3.05, 3.63) is 29.8 Å². The Hall–Kier alpha value is -1.02. The van der Waals surface area contributed by atoms with Crippen LogP contribution in [0.15, 0.2) is 24.3 Å². The van der Waals surface area contributed by atoms with Gasteiger partial charge < -0.3 is 4.89 Å². The van der Waals surface area contributed by atoms with Crippen LogP contribution in [0.3, 0.4) is 0 Å². The molecule has 0 unspecified atom stereocenters. The third-order valence-corrected chi connectivity index (χ3v) is 2.55. The Morgan fingerprint density at radius 3 is 2.79 bits per heavy atom. The molecule has 0 radical (unpaired) electrons.